The molecule has 0 radical (unpaired) electrons. The molecule has 1 aromatic carbocycles. The van der Waals surface area contributed by atoms with Crippen LogP contribution in [0.1, 0.15) is 12.8 Å². The molecular weight excluding hydrogens is 288 g/mol. The Morgan fingerprint density at radius 2 is 2.29 bits per heavy atom. The summed E-state index contributed by atoms with van der Waals surface area (Å²) in [6, 6.07) is 5.65. The molecule has 1 fully saturated rings. The number of piperidine rings is 1. The molecule has 0 bridgehead atoms. The summed E-state index contributed by atoms with van der Waals surface area (Å²) in [6.45, 7) is 2.32. The molecule has 21 heavy (non-hydrogen) atoms. The second-order valence-electron chi connectivity index (χ2n) is 5.78. The van der Waals surface area contributed by atoms with Gasteiger partial charge in [-0.05, 0) is 51.7 Å². The Hall–Kier alpha value is -1.30. The number of amides is 1. The van der Waals surface area contributed by atoms with Crippen molar-refractivity contribution < 1.29 is 4.79 Å². The van der Waals surface area contributed by atoms with E-state index in [1.807, 2.05) is 0 Å². The van der Waals surface area contributed by atoms with E-state index in [9.17, 15) is 4.79 Å². The van der Waals surface area contributed by atoms with Crippen molar-refractivity contribution in [2.24, 2.45) is 0 Å². The number of nitrogen functional groups attached to an aromatic ring is 1. The molecule has 1 amide bonds. The molecule has 1 aromatic rings. The molecule has 0 aromatic heterocycles. The lowest BCUT2D eigenvalue weighted by Crippen LogP contribution is -2.47. The van der Waals surface area contributed by atoms with E-state index in [4.69, 9.17) is 17.3 Å². The molecule has 6 heteroatoms. The lowest BCUT2D eigenvalue weighted by Gasteiger charge is -2.35. The van der Waals surface area contributed by atoms with Crippen molar-refractivity contribution in [1.82, 2.24) is 9.80 Å². The maximum Gasteiger partial charge on any atom is 0.238 e. The van der Waals surface area contributed by atoms with Gasteiger partial charge in [0, 0.05) is 18.3 Å². The predicted molar refractivity (Wildman–Crippen MR) is 87.6 cm³/mol. The Balaban J connectivity index is 1.87. The summed E-state index contributed by atoms with van der Waals surface area (Å²) in [7, 11) is 4.18. The van der Waals surface area contributed by atoms with Crippen LogP contribution >= 0.6 is 11.6 Å². The molecule has 1 aliphatic heterocycles. The molecule has 2 rings (SSSR count). The first-order valence-corrected chi connectivity index (χ1v) is 7.57. The lowest BCUT2D eigenvalue weighted by molar-refractivity contribution is -0.117. The molecule has 0 spiro atoms. The van der Waals surface area contributed by atoms with Gasteiger partial charge in [-0.2, -0.15) is 0 Å². The summed E-state index contributed by atoms with van der Waals surface area (Å²) < 4.78 is 0. The van der Waals surface area contributed by atoms with E-state index in [1.54, 1.807) is 18.2 Å². The fourth-order valence-corrected chi connectivity index (χ4v) is 2.74. The normalized spacial score (nSPS) is 19.7. The first-order chi connectivity index (χ1) is 9.95. The van der Waals surface area contributed by atoms with Gasteiger partial charge < -0.3 is 16.0 Å². The van der Waals surface area contributed by atoms with Crippen LogP contribution in [-0.2, 0) is 4.79 Å². The second-order valence-corrected chi connectivity index (χ2v) is 6.19. The summed E-state index contributed by atoms with van der Waals surface area (Å²) in [6.07, 6.45) is 2.32. The first-order valence-electron chi connectivity index (χ1n) is 7.19. The van der Waals surface area contributed by atoms with Crippen molar-refractivity contribution in [2.75, 3.05) is 44.8 Å². The van der Waals surface area contributed by atoms with Crippen molar-refractivity contribution in [3.05, 3.63) is 23.2 Å². The van der Waals surface area contributed by atoms with E-state index in [-0.39, 0.29) is 5.91 Å². The van der Waals surface area contributed by atoms with E-state index in [1.165, 1.54) is 6.42 Å². The maximum absolute atomic E-state index is 12.1. The Bertz CT molecular complexity index is 506. The van der Waals surface area contributed by atoms with E-state index in [0.717, 1.165) is 19.5 Å². The smallest absolute Gasteiger partial charge is 0.238 e. The van der Waals surface area contributed by atoms with E-state index in [2.05, 4.69) is 29.2 Å². The van der Waals surface area contributed by atoms with Gasteiger partial charge in [0.1, 0.15) is 0 Å². The molecule has 0 saturated carbocycles. The quantitative estimate of drug-likeness (QED) is 0.834. The summed E-state index contributed by atoms with van der Waals surface area (Å²) in [4.78, 5) is 16.5. The zero-order valence-corrected chi connectivity index (χ0v) is 13.4. The number of likely N-dealkylation sites (tertiary alicyclic amines) is 1. The molecule has 1 atom stereocenters. The zero-order valence-electron chi connectivity index (χ0n) is 12.6. The monoisotopic (exact) mass is 310 g/mol. The van der Waals surface area contributed by atoms with Gasteiger partial charge in [0.15, 0.2) is 0 Å². The van der Waals surface area contributed by atoms with Crippen LogP contribution in [0.2, 0.25) is 5.02 Å². The van der Waals surface area contributed by atoms with Crippen LogP contribution in [0.5, 0.6) is 0 Å². The van der Waals surface area contributed by atoms with E-state index < -0.39 is 0 Å². The number of nitrogens with two attached hydrogens (primary N) is 1. The molecule has 116 valence electrons. The van der Waals surface area contributed by atoms with Crippen molar-refractivity contribution in [2.45, 2.75) is 18.9 Å². The van der Waals surface area contributed by atoms with Gasteiger partial charge >= 0.3 is 0 Å². The average Bonchev–Trinajstić information content (AvgIpc) is 2.43. The van der Waals surface area contributed by atoms with Crippen molar-refractivity contribution in [3.8, 4) is 0 Å². The highest BCUT2D eigenvalue weighted by Crippen LogP contribution is 2.22. The molecular formula is C15H23ClN4O. The average molecular weight is 311 g/mol. The third kappa shape index (κ3) is 4.59. The van der Waals surface area contributed by atoms with Crippen LogP contribution in [0, 0.1) is 0 Å². The number of rotatable bonds is 4. The van der Waals surface area contributed by atoms with Crippen LogP contribution in [0.4, 0.5) is 11.4 Å². The Morgan fingerprint density at radius 1 is 1.52 bits per heavy atom. The third-order valence-electron chi connectivity index (χ3n) is 3.86. The summed E-state index contributed by atoms with van der Waals surface area (Å²) in [5, 5.41) is 3.37. The number of benzene rings is 1. The molecule has 1 saturated heterocycles. The molecule has 3 N–H and O–H groups in total. The predicted octanol–water partition coefficient (Wildman–Crippen LogP) is 1.89. The number of hydrogen-bond donors (Lipinski definition) is 2. The Kier molecular flexibility index (Phi) is 5.45. The first kappa shape index (κ1) is 16.1. The summed E-state index contributed by atoms with van der Waals surface area (Å²) in [5.74, 6) is -0.0175. The molecule has 1 heterocycles. The van der Waals surface area contributed by atoms with Crippen molar-refractivity contribution >= 4 is 28.9 Å². The van der Waals surface area contributed by atoms with Gasteiger partial charge in [0.2, 0.25) is 5.91 Å². The molecule has 5 nitrogen and oxygen atoms in total. The number of carbonyl (C=O) groups excluding carboxylic acids is 1. The van der Waals surface area contributed by atoms with Gasteiger partial charge in [-0.1, -0.05) is 11.6 Å². The van der Waals surface area contributed by atoms with Gasteiger partial charge in [-0.25, -0.2) is 0 Å². The number of anilines is 2. The van der Waals surface area contributed by atoms with Crippen LogP contribution in [0.15, 0.2) is 18.2 Å². The minimum atomic E-state index is -0.0175. The standard InChI is InChI=1S/C15H23ClN4O/c1-19(2)12-4-3-7-20(9-12)10-15(21)18-11-5-6-13(16)14(17)8-11/h5-6,8,12H,3-4,7,9-10,17H2,1-2H3,(H,18,21). The number of carbonyl (C=O) groups is 1. The third-order valence-corrected chi connectivity index (χ3v) is 4.20. The molecule has 0 aliphatic carbocycles. The van der Waals surface area contributed by atoms with E-state index in [0.29, 0.717) is 29.0 Å². The van der Waals surface area contributed by atoms with Crippen LogP contribution in [0.25, 0.3) is 0 Å². The summed E-state index contributed by atoms with van der Waals surface area (Å²) in [5.41, 5.74) is 6.89. The number of nitrogens with one attached hydrogen (secondary N) is 1. The molecule has 1 unspecified atom stereocenters. The zero-order chi connectivity index (χ0) is 15.4. The molecule has 1 aliphatic rings. The van der Waals surface area contributed by atoms with Crippen LogP contribution in [0.3, 0.4) is 0 Å². The lowest BCUT2D eigenvalue weighted by atomic mass is 10.1. The van der Waals surface area contributed by atoms with Gasteiger partial charge in [-0.15, -0.1) is 0 Å². The highest BCUT2D eigenvalue weighted by Gasteiger charge is 2.22. The number of halogens is 1. The minimum absolute atomic E-state index is 0.0175. The van der Waals surface area contributed by atoms with Crippen molar-refractivity contribution in [1.29, 1.82) is 0 Å². The van der Waals surface area contributed by atoms with E-state index >= 15 is 0 Å². The second kappa shape index (κ2) is 7.11. The van der Waals surface area contributed by atoms with Gasteiger partial charge in [0.25, 0.3) is 0 Å². The maximum atomic E-state index is 12.1. The van der Waals surface area contributed by atoms with Gasteiger partial charge in [0.05, 0.1) is 17.3 Å². The largest absolute Gasteiger partial charge is 0.397 e. The number of nitrogens with zero attached hydrogens (tertiary/aromatic N) is 2. The van der Waals surface area contributed by atoms with Crippen molar-refractivity contribution in [3.63, 3.8) is 0 Å². The Labute approximate surface area is 131 Å². The number of hydrogen-bond acceptors (Lipinski definition) is 4. The fraction of sp³-hybridized carbons (Fsp3) is 0.533. The SMILES string of the molecule is CN(C)C1CCCN(CC(=O)Nc2ccc(Cl)c(N)c2)C1. The Morgan fingerprint density at radius 3 is 2.95 bits per heavy atom. The highest BCUT2D eigenvalue weighted by molar-refractivity contribution is 6.33. The van der Waals surface area contributed by atoms with Gasteiger partial charge in [-0.3, -0.25) is 9.69 Å². The summed E-state index contributed by atoms with van der Waals surface area (Å²) >= 11 is 5.87. The minimum Gasteiger partial charge on any atom is -0.397 e. The highest BCUT2D eigenvalue weighted by atomic mass is 35.5. The topological polar surface area (TPSA) is 61.6 Å². The van der Waals surface area contributed by atoms with Crippen LogP contribution < -0.4 is 11.1 Å². The fourth-order valence-electron chi connectivity index (χ4n) is 2.62. The number of likely N-dealkylation sites (N-methyl/N-ethyl adjacent to an activating group) is 1. The van der Waals surface area contributed by atoms with Crippen LogP contribution in [-0.4, -0.2) is 55.5 Å².